The van der Waals surface area contributed by atoms with Crippen molar-refractivity contribution in [2.75, 3.05) is 0 Å². The molecule has 0 aromatic rings. The van der Waals surface area contributed by atoms with Crippen LogP contribution in [0.2, 0.25) is 0 Å². The SMILES string of the molecule is CC=CC(N=O)C(=O)O. The Balaban J connectivity index is 3.98. The maximum atomic E-state index is 9.98. The summed E-state index contributed by atoms with van der Waals surface area (Å²) in [6.45, 7) is 1.63. The number of hydrogen-bond acceptors (Lipinski definition) is 3. The van der Waals surface area contributed by atoms with Gasteiger partial charge in [-0.2, -0.15) is 0 Å². The molecule has 0 bridgehead atoms. The molecule has 50 valence electrons. The van der Waals surface area contributed by atoms with Gasteiger partial charge in [-0.3, -0.25) is 0 Å². The predicted octanol–water partition coefficient (Wildman–Crippen LogP) is 0.782. The molecule has 0 radical (unpaired) electrons. The van der Waals surface area contributed by atoms with E-state index in [1.165, 1.54) is 12.2 Å². The summed E-state index contributed by atoms with van der Waals surface area (Å²) < 4.78 is 0. The Morgan fingerprint density at radius 3 is 2.44 bits per heavy atom. The van der Waals surface area contributed by atoms with Crippen LogP contribution in [0.15, 0.2) is 17.3 Å². The molecule has 0 rings (SSSR count). The van der Waals surface area contributed by atoms with E-state index in [2.05, 4.69) is 5.18 Å². The summed E-state index contributed by atoms with van der Waals surface area (Å²) in [4.78, 5) is 19.6. The van der Waals surface area contributed by atoms with Crippen LogP contribution in [0.4, 0.5) is 0 Å². The number of allylic oxidation sites excluding steroid dienone is 1. The Labute approximate surface area is 52.2 Å². The third-order valence-electron chi connectivity index (χ3n) is 0.741. The Hall–Kier alpha value is -1.19. The van der Waals surface area contributed by atoms with Gasteiger partial charge in [0.05, 0.1) is 0 Å². The average molecular weight is 129 g/mol. The number of aliphatic carboxylic acids is 1. The second-order valence-corrected chi connectivity index (χ2v) is 1.41. The normalized spacial score (nSPS) is 13.4. The molecule has 0 aliphatic rings. The minimum absolute atomic E-state index is 1.22. The Morgan fingerprint density at radius 1 is 1.78 bits per heavy atom. The number of rotatable bonds is 3. The number of nitrogens with zero attached hydrogens (tertiary/aromatic N) is 1. The maximum absolute atomic E-state index is 9.98. The average Bonchev–Trinajstić information content (AvgIpc) is 1.82. The van der Waals surface area contributed by atoms with E-state index in [0.29, 0.717) is 0 Å². The van der Waals surface area contributed by atoms with Crippen molar-refractivity contribution in [3.63, 3.8) is 0 Å². The molecule has 0 aliphatic carbocycles. The van der Waals surface area contributed by atoms with Gasteiger partial charge in [0, 0.05) is 0 Å². The van der Waals surface area contributed by atoms with Crippen molar-refractivity contribution >= 4 is 5.97 Å². The summed E-state index contributed by atoms with van der Waals surface area (Å²) in [7, 11) is 0. The molecule has 0 amide bonds. The zero-order chi connectivity index (χ0) is 7.28. The highest BCUT2D eigenvalue weighted by Crippen LogP contribution is 1.91. The summed E-state index contributed by atoms with van der Waals surface area (Å²) in [6, 6.07) is -1.23. The van der Waals surface area contributed by atoms with E-state index in [9.17, 15) is 9.70 Å². The molecule has 0 aromatic heterocycles. The van der Waals surface area contributed by atoms with Crippen LogP contribution in [0.25, 0.3) is 0 Å². The predicted molar refractivity (Wildman–Crippen MR) is 32.0 cm³/mol. The molecular formula is C5H7NO3. The summed E-state index contributed by atoms with van der Waals surface area (Å²) in [5, 5.41) is 10.5. The topological polar surface area (TPSA) is 66.7 Å². The summed E-state index contributed by atoms with van der Waals surface area (Å²) in [5.41, 5.74) is 0. The van der Waals surface area contributed by atoms with Crippen molar-refractivity contribution in [3.8, 4) is 0 Å². The van der Waals surface area contributed by atoms with E-state index < -0.39 is 12.0 Å². The minimum atomic E-state index is -1.23. The van der Waals surface area contributed by atoms with Crippen molar-refractivity contribution in [1.29, 1.82) is 0 Å². The van der Waals surface area contributed by atoms with Gasteiger partial charge >= 0.3 is 5.97 Å². The molecule has 1 atom stereocenters. The smallest absolute Gasteiger partial charge is 0.336 e. The van der Waals surface area contributed by atoms with Crippen LogP contribution in [0, 0.1) is 4.91 Å². The molecule has 0 aromatic carbocycles. The fraction of sp³-hybridized carbons (Fsp3) is 0.400. The molecular weight excluding hydrogens is 122 g/mol. The van der Waals surface area contributed by atoms with E-state index in [4.69, 9.17) is 5.11 Å². The van der Waals surface area contributed by atoms with Gasteiger partial charge in [-0.25, -0.2) is 4.79 Å². The van der Waals surface area contributed by atoms with E-state index in [0.717, 1.165) is 0 Å². The third-order valence-corrected chi connectivity index (χ3v) is 0.741. The molecule has 0 saturated heterocycles. The molecule has 0 saturated carbocycles. The van der Waals surface area contributed by atoms with Gasteiger partial charge in [-0.1, -0.05) is 11.3 Å². The summed E-state index contributed by atoms with van der Waals surface area (Å²) >= 11 is 0. The van der Waals surface area contributed by atoms with Crippen LogP contribution >= 0.6 is 0 Å². The monoisotopic (exact) mass is 129 g/mol. The zero-order valence-electron chi connectivity index (χ0n) is 4.94. The quantitative estimate of drug-likeness (QED) is 0.452. The highest BCUT2D eigenvalue weighted by Gasteiger charge is 2.11. The molecule has 4 heteroatoms. The van der Waals surface area contributed by atoms with Gasteiger partial charge < -0.3 is 5.11 Å². The lowest BCUT2D eigenvalue weighted by Gasteiger charge is -1.91. The lowest BCUT2D eigenvalue weighted by Crippen LogP contribution is -2.13. The van der Waals surface area contributed by atoms with Crippen LogP contribution in [0.1, 0.15) is 6.92 Å². The number of carboxylic acids is 1. The number of nitroso groups, excluding NO2 is 1. The van der Waals surface area contributed by atoms with Crippen LogP contribution < -0.4 is 0 Å². The lowest BCUT2D eigenvalue weighted by molar-refractivity contribution is -0.137. The first-order valence-corrected chi connectivity index (χ1v) is 2.40. The largest absolute Gasteiger partial charge is 0.479 e. The van der Waals surface area contributed by atoms with Gasteiger partial charge in [-0.15, -0.1) is 4.91 Å². The minimum Gasteiger partial charge on any atom is -0.479 e. The number of carboxylic acid groups (broad SMARTS) is 1. The molecule has 1 unspecified atom stereocenters. The Kier molecular flexibility index (Phi) is 3.27. The first-order chi connectivity index (χ1) is 4.22. The first-order valence-electron chi connectivity index (χ1n) is 2.40. The van der Waals surface area contributed by atoms with Crippen molar-refractivity contribution in [2.24, 2.45) is 5.18 Å². The second kappa shape index (κ2) is 3.77. The van der Waals surface area contributed by atoms with Crippen LogP contribution in [-0.4, -0.2) is 17.1 Å². The first kappa shape index (κ1) is 7.81. The molecule has 1 N–H and O–H groups in total. The fourth-order valence-corrected chi connectivity index (χ4v) is 0.345. The maximum Gasteiger partial charge on any atom is 0.336 e. The van der Waals surface area contributed by atoms with Gasteiger partial charge in [0.25, 0.3) is 0 Å². The second-order valence-electron chi connectivity index (χ2n) is 1.41. The van der Waals surface area contributed by atoms with E-state index in [1.807, 2.05) is 0 Å². The molecule has 0 fully saturated rings. The molecule has 0 spiro atoms. The van der Waals surface area contributed by atoms with Gasteiger partial charge in [0.1, 0.15) is 0 Å². The zero-order valence-corrected chi connectivity index (χ0v) is 4.94. The van der Waals surface area contributed by atoms with Crippen molar-refractivity contribution in [1.82, 2.24) is 0 Å². The number of hydrogen-bond donors (Lipinski definition) is 1. The van der Waals surface area contributed by atoms with E-state index in [-0.39, 0.29) is 0 Å². The summed E-state index contributed by atoms with van der Waals surface area (Å²) in [6.07, 6.45) is 2.69. The fourth-order valence-electron chi connectivity index (χ4n) is 0.345. The molecule has 4 nitrogen and oxygen atoms in total. The molecule has 0 aliphatic heterocycles. The Morgan fingerprint density at radius 2 is 2.33 bits per heavy atom. The highest BCUT2D eigenvalue weighted by molar-refractivity contribution is 5.75. The van der Waals surface area contributed by atoms with Crippen LogP contribution in [0.5, 0.6) is 0 Å². The van der Waals surface area contributed by atoms with Crippen molar-refractivity contribution < 1.29 is 9.90 Å². The summed E-state index contributed by atoms with van der Waals surface area (Å²) in [5.74, 6) is -1.22. The van der Waals surface area contributed by atoms with E-state index >= 15 is 0 Å². The lowest BCUT2D eigenvalue weighted by atomic mass is 10.3. The van der Waals surface area contributed by atoms with Gasteiger partial charge in [-0.05, 0) is 13.0 Å². The van der Waals surface area contributed by atoms with Crippen molar-refractivity contribution in [2.45, 2.75) is 13.0 Å². The van der Waals surface area contributed by atoms with Crippen LogP contribution in [-0.2, 0) is 4.79 Å². The molecule has 9 heavy (non-hydrogen) atoms. The third kappa shape index (κ3) is 2.58. The number of carbonyl (C=O) groups is 1. The van der Waals surface area contributed by atoms with Gasteiger partial charge in [0.15, 0.2) is 0 Å². The standard InChI is InChI=1S/C5H7NO3/c1-2-3-4(6-9)5(7)8/h2-4H,1H3,(H,7,8). The molecule has 0 heterocycles. The van der Waals surface area contributed by atoms with E-state index in [1.54, 1.807) is 6.92 Å². The van der Waals surface area contributed by atoms with Crippen LogP contribution in [0.3, 0.4) is 0 Å². The van der Waals surface area contributed by atoms with Gasteiger partial charge in [0.2, 0.25) is 6.04 Å². The Bertz CT molecular complexity index is 141. The van der Waals surface area contributed by atoms with Crippen molar-refractivity contribution in [3.05, 3.63) is 17.1 Å². The highest BCUT2D eigenvalue weighted by atomic mass is 16.4.